The topological polar surface area (TPSA) is 105 Å². The third-order valence-corrected chi connectivity index (χ3v) is 1.80. The maximum Gasteiger partial charge on any atom is 0.337 e. The lowest BCUT2D eigenvalue weighted by molar-refractivity contribution is -0.118. The Morgan fingerprint density at radius 3 is 2.60 bits per heavy atom. The first-order valence-corrected chi connectivity index (χ1v) is 4.26. The lowest BCUT2D eigenvalue weighted by Gasteiger charge is -2.10. The van der Waals surface area contributed by atoms with Crippen LogP contribution >= 0.6 is 0 Å². The Morgan fingerprint density at radius 1 is 1.53 bits per heavy atom. The number of amides is 1. The largest absolute Gasteiger partial charge is 0.478 e. The molecule has 6 nitrogen and oxygen atoms in total. The molecule has 0 aliphatic rings. The van der Waals surface area contributed by atoms with Crippen molar-refractivity contribution in [2.24, 2.45) is 5.73 Å². The summed E-state index contributed by atoms with van der Waals surface area (Å²) in [4.78, 5) is 25.0. The van der Waals surface area contributed by atoms with Crippen molar-refractivity contribution in [2.45, 2.75) is 13.0 Å². The van der Waals surface area contributed by atoms with Crippen LogP contribution in [-0.2, 0) is 4.79 Å². The van der Waals surface area contributed by atoms with Crippen LogP contribution in [0.3, 0.4) is 0 Å². The first kappa shape index (κ1) is 11.0. The van der Waals surface area contributed by atoms with E-state index >= 15 is 0 Å². The lowest BCUT2D eigenvalue weighted by Crippen LogP contribution is -2.32. The molecule has 0 fully saturated rings. The number of carboxylic acid groups (broad SMARTS) is 1. The molecule has 1 amide bonds. The summed E-state index contributed by atoms with van der Waals surface area (Å²) in [5, 5.41) is 11.3. The Hall–Kier alpha value is -2.11. The van der Waals surface area contributed by atoms with Crippen LogP contribution < -0.4 is 11.1 Å². The molecular weight excluding hydrogens is 198 g/mol. The van der Waals surface area contributed by atoms with E-state index in [1.807, 2.05) is 0 Å². The van der Waals surface area contributed by atoms with Crippen molar-refractivity contribution in [3.8, 4) is 0 Å². The molecule has 0 saturated heterocycles. The Morgan fingerprint density at radius 2 is 2.20 bits per heavy atom. The van der Waals surface area contributed by atoms with E-state index in [4.69, 9.17) is 10.8 Å². The van der Waals surface area contributed by atoms with Gasteiger partial charge in [-0.2, -0.15) is 0 Å². The van der Waals surface area contributed by atoms with E-state index < -0.39 is 17.9 Å². The fraction of sp³-hybridized carbons (Fsp3) is 0.222. The Bertz CT molecular complexity index is 375. The Labute approximate surface area is 86.1 Å². The summed E-state index contributed by atoms with van der Waals surface area (Å²) in [6, 6.07) is 2.32. The fourth-order valence-electron chi connectivity index (χ4n) is 0.899. The highest BCUT2D eigenvalue weighted by Crippen LogP contribution is 2.06. The first-order valence-electron chi connectivity index (χ1n) is 4.26. The molecule has 0 aromatic carbocycles. The van der Waals surface area contributed by atoms with Gasteiger partial charge in [0, 0.05) is 6.20 Å². The van der Waals surface area contributed by atoms with E-state index in [0.29, 0.717) is 5.82 Å². The van der Waals surface area contributed by atoms with Gasteiger partial charge in [-0.25, -0.2) is 9.78 Å². The molecule has 0 radical (unpaired) electrons. The lowest BCUT2D eigenvalue weighted by atomic mass is 10.2. The number of nitrogens with two attached hydrogens (primary N) is 1. The summed E-state index contributed by atoms with van der Waals surface area (Å²) in [6.45, 7) is 1.59. The molecule has 0 aliphatic heterocycles. The average Bonchev–Trinajstić information content (AvgIpc) is 2.18. The van der Waals surface area contributed by atoms with Crippen molar-refractivity contribution in [1.82, 2.24) is 4.98 Å². The highest BCUT2D eigenvalue weighted by molar-refractivity contribution is 5.87. The van der Waals surface area contributed by atoms with Gasteiger partial charge in [-0.1, -0.05) is 0 Å². The van der Waals surface area contributed by atoms with Crippen LogP contribution in [0.25, 0.3) is 0 Å². The van der Waals surface area contributed by atoms with E-state index in [1.165, 1.54) is 18.3 Å². The van der Waals surface area contributed by atoms with Crippen LogP contribution in [0.4, 0.5) is 5.82 Å². The van der Waals surface area contributed by atoms with E-state index in [1.54, 1.807) is 6.92 Å². The van der Waals surface area contributed by atoms with Gasteiger partial charge in [-0.05, 0) is 19.1 Å². The molecule has 4 N–H and O–H groups in total. The number of carbonyl (C=O) groups is 2. The van der Waals surface area contributed by atoms with Crippen LogP contribution in [0, 0.1) is 0 Å². The second kappa shape index (κ2) is 4.41. The molecule has 0 aliphatic carbocycles. The van der Waals surface area contributed by atoms with Crippen molar-refractivity contribution in [3.63, 3.8) is 0 Å². The molecule has 1 unspecified atom stereocenters. The molecule has 0 saturated carbocycles. The predicted molar refractivity (Wildman–Crippen MR) is 53.5 cm³/mol. The third-order valence-electron chi connectivity index (χ3n) is 1.80. The van der Waals surface area contributed by atoms with E-state index in [-0.39, 0.29) is 5.56 Å². The molecule has 0 bridgehead atoms. The summed E-state index contributed by atoms with van der Waals surface area (Å²) >= 11 is 0. The summed E-state index contributed by atoms with van der Waals surface area (Å²) in [5.74, 6) is -1.14. The Balaban J connectivity index is 2.72. The predicted octanol–water partition coefficient (Wildman–Crippen LogP) is 0.0655. The quantitative estimate of drug-likeness (QED) is 0.650. The summed E-state index contributed by atoms with van der Waals surface area (Å²) in [6.07, 6.45) is 1.21. The first-order chi connectivity index (χ1) is 7.00. The SMILES string of the molecule is CC(Nc1ccc(C(=O)O)cn1)C(N)=O. The van der Waals surface area contributed by atoms with Gasteiger partial charge in [0.25, 0.3) is 0 Å². The monoisotopic (exact) mass is 209 g/mol. The minimum absolute atomic E-state index is 0.0901. The number of hydrogen-bond donors (Lipinski definition) is 3. The number of aromatic nitrogens is 1. The Kier molecular flexibility index (Phi) is 3.22. The fourth-order valence-corrected chi connectivity index (χ4v) is 0.899. The highest BCUT2D eigenvalue weighted by atomic mass is 16.4. The van der Waals surface area contributed by atoms with E-state index in [2.05, 4.69) is 10.3 Å². The number of rotatable bonds is 4. The van der Waals surface area contributed by atoms with Crippen molar-refractivity contribution in [2.75, 3.05) is 5.32 Å². The summed E-state index contributed by atoms with van der Waals surface area (Å²) in [7, 11) is 0. The molecule has 1 aromatic rings. The third kappa shape index (κ3) is 2.94. The standard InChI is InChI=1S/C9H11N3O3/c1-5(8(10)13)12-7-3-2-6(4-11-7)9(14)15/h2-5H,1H3,(H2,10,13)(H,11,12)(H,14,15). The molecule has 1 heterocycles. The van der Waals surface area contributed by atoms with Crippen molar-refractivity contribution in [1.29, 1.82) is 0 Å². The van der Waals surface area contributed by atoms with Gasteiger partial charge in [0.2, 0.25) is 5.91 Å². The summed E-state index contributed by atoms with van der Waals surface area (Å²) < 4.78 is 0. The van der Waals surface area contributed by atoms with E-state index in [9.17, 15) is 9.59 Å². The molecule has 6 heteroatoms. The molecule has 15 heavy (non-hydrogen) atoms. The second-order valence-electron chi connectivity index (χ2n) is 3.01. The van der Waals surface area contributed by atoms with Crippen LogP contribution in [-0.4, -0.2) is 28.0 Å². The maximum atomic E-state index is 10.7. The summed E-state index contributed by atoms with van der Waals surface area (Å²) in [5.41, 5.74) is 5.13. The molecule has 1 rings (SSSR count). The number of primary amides is 1. The number of anilines is 1. The van der Waals surface area contributed by atoms with Crippen molar-refractivity contribution < 1.29 is 14.7 Å². The number of carbonyl (C=O) groups excluding carboxylic acids is 1. The zero-order valence-electron chi connectivity index (χ0n) is 8.10. The minimum atomic E-state index is -1.04. The van der Waals surface area contributed by atoms with Crippen molar-refractivity contribution in [3.05, 3.63) is 23.9 Å². The number of nitrogens with one attached hydrogen (secondary N) is 1. The number of pyridine rings is 1. The number of carboxylic acids is 1. The van der Waals surface area contributed by atoms with Crippen molar-refractivity contribution >= 4 is 17.7 Å². The second-order valence-corrected chi connectivity index (χ2v) is 3.01. The number of hydrogen-bond acceptors (Lipinski definition) is 4. The molecule has 1 aromatic heterocycles. The zero-order valence-corrected chi connectivity index (χ0v) is 8.10. The van der Waals surface area contributed by atoms with Gasteiger partial charge in [-0.15, -0.1) is 0 Å². The van der Waals surface area contributed by atoms with Crippen LogP contribution in [0.5, 0.6) is 0 Å². The number of nitrogens with zero attached hydrogens (tertiary/aromatic N) is 1. The highest BCUT2D eigenvalue weighted by Gasteiger charge is 2.09. The number of aromatic carboxylic acids is 1. The van der Waals surface area contributed by atoms with Gasteiger partial charge >= 0.3 is 5.97 Å². The molecule has 1 atom stereocenters. The van der Waals surface area contributed by atoms with Gasteiger partial charge in [0.15, 0.2) is 0 Å². The molecular formula is C9H11N3O3. The minimum Gasteiger partial charge on any atom is -0.478 e. The van der Waals surface area contributed by atoms with Crippen LogP contribution in [0.2, 0.25) is 0 Å². The zero-order chi connectivity index (χ0) is 11.4. The van der Waals surface area contributed by atoms with Crippen LogP contribution in [0.15, 0.2) is 18.3 Å². The van der Waals surface area contributed by atoms with E-state index in [0.717, 1.165) is 0 Å². The maximum absolute atomic E-state index is 10.7. The molecule has 80 valence electrons. The van der Waals surface area contributed by atoms with Gasteiger partial charge in [-0.3, -0.25) is 4.79 Å². The van der Waals surface area contributed by atoms with Gasteiger partial charge < -0.3 is 16.2 Å². The van der Waals surface area contributed by atoms with Gasteiger partial charge in [0.05, 0.1) is 5.56 Å². The van der Waals surface area contributed by atoms with Gasteiger partial charge in [0.1, 0.15) is 11.9 Å². The molecule has 0 spiro atoms. The average molecular weight is 209 g/mol. The van der Waals surface area contributed by atoms with Crippen LogP contribution in [0.1, 0.15) is 17.3 Å². The normalized spacial score (nSPS) is 11.8. The smallest absolute Gasteiger partial charge is 0.337 e.